The van der Waals surface area contributed by atoms with Crippen molar-refractivity contribution >= 4 is 34.5 Å². The van der Waals surface area contributed by atoms with E-state index in [1.54, 1.807) is 11.3 Å². The molecule has 2 rings (SSSR count). The number of thioether (sulfide) groups is 1. The quantitative estimate of drug-likeness (QED) is 0.793. The van der Waals surface area contributed by atoms with Crippen LogP contribution in [0.15, 0.2) is 0 Å². The summed E-state index contributed by atoms with van der Waals surface area (Å²) in [6.07, 6.45) is 1.99. The third kappa shape index (κ3) is 2.72. The fourth-order valence-electron chi connectivity index (χ4n) is 2.10. The van der Waals surface area contributed by atoms with Crippen LogP contribution in [-0.4, -0.2) is 35.4 Å². The highest BCUT2D eigenvalue weighted by Crippen LogP contribution is 2.33. The molecule has 0 saturated carbocycles. The van der Waals surface area contributed by atoms with Crippen molar-refractivity contribution in [2.45, 2.75) is 39.2 Å². The van der Waals surface area contributed by atoms with E-state index in [9.17, 15) is 4.79 Å². The number of anilines is 1. The number of thiazole rings is 1. The Hall–Kier alpha value is -0.550. The molecule has 1 aliphatic heterocycles. The van der Waals surface area contributed by atoms with E-state index in [0.29, 0.717) is 12.0 Å². The summed E-state index contributed by atoms with van der Waals surface area (Å²) >= 11 is 3.55. The Morgan fingerprint density at radius 2 is 2.39 bits per heavy atom. The van der Waals surface area contributed by atoms with Gasteiger partial charge in [0.05, 0.1) is 10.6 Å². The molecule has 0 amide bonds. The van der Waals surface area contributed by atoms with Crippen molar-refractivity contribution in [1.29, 1.82) is 0 Å². The standard InChI is InChI=1S/C13H20N2OS2/c1-4-9(2)12-11(7-16)18-13(14-12)15-5-6-17-8-10(15)3/h7,9-10H,4-6,8H2,1-3H3. The van der Waals surface area contributed by atoms with Crippen LogP contribution in [0.2, 0.25) is 0 Å². The Morgan fingerprint density at radius 1 is 1.61 bits per heavy atom. The molecule has 0 N–H and O–H groups in total. The normalized spacial score (nSPS) is 21.9. The Bertz CT molecular complexity index is 419. The Balaban J connectivity index is 2.28. The summed E-state index contributed by atoms with van der Waals surface area (Å²) in [7, 11) is 0. The second-order valence-corrected chi connectivity index (χ2v) is 6.95. The highest BCUT2D eigenvalue weighted by atomic mass is 32.2. The number of aromatic nitrogens is 1. The first kappa shape index (κ1) is 13.9. The topological polar surface area (TPSA) is 33.2 Å². The molecule has 1 aliphatic rings. The van der Waals surface area contributed by atoms with Gasteiger partial charge in [-0.3, -0.25) is 4.79 Å². The zero-order valence-electron chi connectivity index (χ0n) is 11.2. The van der Waals surface area contributed by atoms with E-state index in [1.165, 1.54) is 0 Å². The average molecular weight is 284 g/mol. The van der Waals surface area contributed by atoms with Crippen LogP contribution in [0.4, 0.5) is 5.13 Å². The number of hydrogen-bond donors (Lipinski definition) is 0. The first-order valence-electron chi connectivity index (χ1n) is 6.47. The van der Waals surface area contributed by atoms with Crippen molar-refractivity contribution in [1.82, 2.24) is 4.98 Å². The largest absolute Gasteiger partial charge is 0.344 e. The molecule has 0 spiro atoms. The molecule has 1 fully saturated rings. The Morgan fingerprint density at radius 3 is 3.00 bits per heavy atom. The Kier molecular flexibility index (Phi) is 4.67. The van der Waals surface area contributed by atoms with Gasteiger partial charge in [0.2, 0.25) is 0 Å². The maximum Gasteiger partial charge on any atom is 0.186 e. The summed E-state index contributed by atoms with van der Waals surface area (Å²) in [6, 6.07) is 0.513. The van der Waals surface area contributed by atoms with Gasteiger partial charge in [0, 0.05) is 24.1 Å². The SMILES string of the molecule is CCC(C)c1nc(N2CCSCC2C)sc1C=O. The summed E-state index contributed by atoms with van der Waals surface area (Å²) in [5, 5.41) is 1.03. The highest BCUT2D eigenvalue weighted by molar-refractivity contribution is 7.99. The van der Waals surface area contributed by atoms with Crippen molar-refractivity contribution in [3.8, 4) is 0 Å². The van der Waals surface area contributed by atoms with E-state index in [2.05, 4.69) is 25.7 Å². The van der Waals surface area contributed by atoms with Crippen LogP contribution in [0.25, 0.3) is 0 Å². The van der Waals surface area contributed by atoms with E-state index in [4.69, 9.17) is 4.98 Å². The fourth-order valence-corrected chi connectivity index (χ4v) is 4.24. The predicted octanol–water partition coefficient (Wildman–Crippen LogP) is 3.41. The molecule has 1 aromatic rings. The summed E-state index contributed by atoms with van der Waals surface area (Å²) in [4.78, 5) is 19.1. The van der Waals surface area contributed by atoms with E-state index < -0.39 is 0 Å². The number of carbonyl (C=O) groups excluding carboxylic acids is 1. The van der Waals surface area contributed by atoms with E-state index in [0.717, 1.165) is 46.5 Å². The molecular weight excluding hydrogens is 264 g/mol. The molecule has 1 aromatic heterocycles. The van der Waals surface area contributed by atoms with E-state index in [-0.39, 0.29) is 0 Å². The van der Waals surface area contributed by atoms with Crippen molar-refractivity contribution in [2.24, 2.45) is 0 Å². The molecule has 0 aliphatic carbocycles. The summed E-state index contributed by atoms with van der Waals surface area (Å²) < 4.78 is 0. The molecule has 2 atom stereocenters. The third-order valence-electron chi connectivity index (χ3n) is 3.47. The molecule has 0 radical (unpaired) electrons. The maximum absolute atomic E-state index is 11.2. The molecule has 3 nitrogen and oxygen atoms in total. The number of hydrogen-bond acceptors (Lipinski definition) is 5. The van der Waals surface area contributed by atoms with Gasteiger partial charge in [-0.1, -0.05) is 25.2 Å². The first-order chi connectivity index (χ1) is 8.67. The molecule has 1 saturated heterocycles. The van der Waals surface area contributed by atoms with Gasteiger partial charge in [0.15, 0.2) is 11.4 Å². The molecule has 2 heterocycles. The van der Waals surface area contributed by atoms with Crippen LogP contribution < -0.4 is 4.90 Å². The van der Waals surface area contributed by atoms with E-state index >= 15 is 0 Å². The van der Waals surface area contributed by atoms with Crippen LogP contribution in [-0.2, 0) is 0 Å². The lowest BCUT2D eigenvalue weighted by Crippen LogP contribution is -2.40. The number of nitrogens with zero attached hydrogens (tertiary/aromatic N) is 2. The highest BCUT2D eigenvalue weighted by Gasteiger charge is 2.24. The monoisotopic (exact) mass is 284 g/mol. The van der Waals surface area contributed by atoms with E-state index in [1.807, 2.05) is 11.8 Å². The zero-order chi connectivity index (χ0) is 13.1. The van der Waals surface area contributed by atoms with Crippen LogP contribution >= 0.6 is 23.1 Å². The van der Waals surface area contributed by atoms with Crippen molar-refractivity contribution in [2.75, 3.05) is 23.0 Å². The molecule has 0 bridgehead atoms. The minimum absolute atomic E-state index is 0.365. The predicted molar refractivity (Wildman–Crippen MR) is 80.3 cm³/mol. The van der Waals surface area contributed by atoms with Gasteiger partial charge in [0.25, 0.3) is 0 Å². The van der Waals surface area contributed by atoms with Gasteiger partial charge in [-0.2, -0.15) is 11.8 Å². The average Bonchev–Trinajstić information content (AvgIpc) is 2.82. The summed E-state index contributed by atoms with van der Waals surface area (Å²) in [5.41, 5.74) is 0.984. The smallest absolute Gasteiger partial charge is 0.186 e. The summed E-state index contributed by atoms with van der Waals surface area (Å²) in [5.74, 6) is 2.66. The Labute approximate surface area is 117 Å². The number of aldehydes is 1. The molecular formula is C13H20N2OS2. The van der Waals surface area contributed by atoms with Crippen LogP contribution in [0, 0.1) is 0 Å². The van der Waals surface area contributed by atoms with Gasteiger partial charge < -0.3 is 4.90 Å². The van der Waals surface area contributed by atoms with Gasteiger partial charge >= 0.3 is 0 Å². The van der Waals surface area contributed by atoms with Crippen LogP contribution in [0.1, 0.15) is 48.5 Å². The van der Waals surface area contributed by atoms with Crippen LogP contribution in [0.5, 0.6) is 0 Å². The lowest BCUT2D eigenvalue weighted by Gasteiger charge is -2.32. The zero-order valence-corrected chi connectivity index (χ0v) is 12.8. The molecule has 2 unspecified atom stereocenters. The van der Waals surface area contributed by atoms with Crippen molar-refractivity contribution in [3.05, 3.63) is 10.6 Å². The number of carbonyl (C=O) groups is 1. The molecule has 100 valence electrons. The minimum atomic E-state index is 0.365. The van der Waals surface area contributed by atoms with Crippen molar-refractivity contribution in [3.63, 3.8) is 0 Å². The lowest BCUT2D eigenvalue weighted by molar-refractivity contribution is 0.112. The van der Waals surface area contributed by atoms with Gasteiger partial charge in [-0.15, -0.1) is 0 Å². The lowest BCUT2D eigenvalue weighted by atomic mass is 10.0. The molecule has 18 heavy (non-hydrogen) atoms. The molecule has 0 aromatic carbocycles. The molecule has 5 heteroatoms. The second kappa shape index (κ2) is 6.06. The summed E-state index contributed by atoms with van der Waals surface area (Å²) in [6.45, 7) is 7.55. The van der Waals surface area contributed by atoms with Gasteiger partial charge in [0.1, 0.15) is 0 Å². The number of rotatable bonds is 4. The van der Waals surface area contributed by atoms with Gasteiger partial charge in [-0.05, 0) is 19.3 Å². The first-order valence-corrected chi connectivity index (χ1v) is 8.44. The van der Waals surface area contributed by atoms with Gasteiger partial charge in [-0.25, -0.2) is 4.98 Å². The third-order valence-corrected chi connectivity index (χ3v) is 5.69. The minimum Gasteiger partial charge on any atom is -0.344 e. The van der Waals surface area contributed by atoms with Crippen LogP contribution in [0.3, 0.4) is 0 Å². The second-order valence-electron chi connectivity index (χ2n) is 4.79. The maximum atomic E-state index is 11.2. The van der Waals surface area contributed by atoms with Crippen molar-refractivity contribution < 1.29 is 4.79 Å². The fraction of sp³-hybridized carbons (Fsp3) is 0.692.